The van der Waals surface area contributed by atoms with E-state index >= 15 is 0 Å². The lowest BCUT2D eigenvalue weighted by atomic mass is 10.3. The number of hydrogen-bond acceptors (Lipinski definition) is 4. The molecule has 0 atom stereocenters. The Kier molecular flexibility index (Phi) is 9.99. The van der Waals surface area contributed by atoms with Crippen LogP contribution in [0.25, 0.3) is 0 Å². The van der Waals surface area contributed by atoms with Crippen molar-refractivity contribution in [2.24, 2.45) is 11.5 Å². The van der Waals surface area contributed by atoms with Gasteiger partial charge in [0.05, 0.1) is 0 Å². The van der Waals surface area contributed by atoms with E-state index in [2.05, 4.69) is 6.58 Å². The van der Waals surface area contributed by atoms with Crippen LogP contribution in [0.5, 0.6) is 5.75 Å². The molecule has 0 fully saturated rings. The molecule has 0 spiro atoms. The monoisotopic (exact) mass is 302 g/mol. The van der Waals surface area contributed by atoms with E-state index in [9.17, 15) is 14.4 Å². The van der Waals surface area contributed by atoms with Crippen molar-refractivity contribution in [1.29, 1.82) is 0 Å². The molecule has 116 valence electrons. The van der Waals surface area contributed by atoms with Gasteiger partial charge in [-0.15, -0.1) is 0 Å². The number of carbonyl (C=O) groups excluding carboxylic acids is 3. The molecule has 6 nitrogen and oxygen atoms in total. The molecule has 0 radical (unpaired) electrons. The Balaban J connectivity index is 0.000000401. The summed E-state index contributed by atoms with van der Waals surface area (Å²) in [5, 5.41) is 0. The molecule has 0 aliphatic rings. The first kappa shape index (κ1) is 18.9. The summed E-state index contributed by atoms with van der Waals surface area (Å²) in [6.45, 7) is 3.28. The predicted octanol–water partition coefficient (Wildman–Crippen LogP) is 1.24. The number of hydrogen-bond donors (Lipinski definition) is 2. The number of benzene rings is 1. The van der Waals surface area contributed by atoms with Crippen LogP contribution in [0, 0.1) is 0 Å². The fourth-order valence-electron chi connectivity index (χ4n) is 1.09. The maximum Gasteiger partial charge on any atom is 0.335 e. The zero-order chi connectivity index (χ0) is 16.8. The minimum absolute atomic E-state index is 0.434. The third kappa shape index (κ3) is 11.9. The number of rotatable bonds is 6. The number of nitrogens with two attached hydrogens (primary N) is 2. The zero-order valence-electron chi connectivity index (χ0n) is 12.0. The SMILES string of the molecule is C=CC(=O)Oc1ccccc1.NC(=O)C=CCC=CC(N)=O. The van der Waals surface area contributed by atoms with Gasteiger partial charge >= 0.3 is 5.97 Å². The highest BCUT2D eigenvalue weighted by molar-refractivity contribution is 5.86. The normalized spacial score (nSPS) is 9.82. The van der Waals surface area contributed by atoms with Crippen LogP contribution in [-0.4, -0.2) is 17.8 Å². The minimum Gasteiger partial charge on any atom is -0.423 e. The maximum atomic E-state index is 10.6. The van der Waals surface area contributed by atoms with Crippen LogP contribution in [0.1, 0.15) is 6.42 Å². The van der Waals surface area contributed by atoms with Crippen molar-refractivity contribution in [3.8, 4) is 5.75 Å². The van der Waals surface area contributed by atoms with E-state index in [0.29, 0.717) is 12.2 Å². The van der Waals surface area contributed by atoms with Gasteiger partial charge in [0.2, 0.25) is 11.8 Å². The quantitative estimate of drug-likeness (QED) is 0.467. The van der Waals surface area contributed by atoms with Gasteiger partial charge in [-0.2, -0.15) is 0 Å². The summed E-state index contributed by atoms with van der Waals surface area (Å²) in [4.78, 5) is 30.9. The summed E-state index contributed by atoms with van der Waals surface area (Å²) in [5.74, 6) is -0.899. The highest BCUT2D eigenvalue weighted by Crippen LogP contribution is 2.07. The van der Waals surface area contributed by atoms with E-state index in [4.69, 9.17) is 16.2 Å². The van der Waals surface area contributed by atoms with Crippen molar-refractivity contribution in [3.63, 3.8) is 0 Å². The highest BCUT2D eigenvalue weighted by atomic mass is 16.5. The van der Waals surface area contributed by atoms with Gasteiger partial charge in [-0.1, -0.05) is 36.9 Å². The van der Waals surface area contributed by atoms with Crippen molar-refractivity contribution in [2.45, 2.75) is 6.42 Å². The van der Waals surface area contributed by atoms with Gasteiger partial charge in [0.25, 0.3) is 0 Å². The second kappa shape index (κ2) is 11.7. The molecule has 0 saturated carbocycles. The summed E-state index contributed by atoms with van der Waals surface area (Å²) in [5.41, 5.74) is 9.59. The molecule has 1 aromatic rings. The topological polar surface area (TPSA) is 112 Å². The molecular formula is C16H18N2O4. The van der Waals surface area contributed by atoms with Crippen LogP contribution in [0.15, 0.2) is 67.3 Å². The average molecular weight is 302 g/mol. The average Bonchev–Trinajstić information content (AvgIpc) is 2.48. The Hall–Kier alpha value is -3.15. The molecule has 0 heterocycles. The summed E-state index contributed by atoms with van der Waals surface area (Å²) < 4.78 is 4.81. The molecule has 0 aliphatic carbocycles. The Morgan fingerprint density at radius 2 is 1.50 bits per heavy atom. The molecule has 0 saturated heterocycles. The molecular weight excluding hydrogens is 284 g/mol. The number of allylic oxidation sites excluding steroid dienone is 2. The van der Waals surface area contributed by atoms with Crippen molar-refractivity contribution in [1.82, 2.24) is 0 Å². The molecule has 1 rings (SSSR count). The molecule has 0 unspecified atom stereocenters. The van der Waals surface area contributed by atoms with Gasteiger partial charge < -0.3 is 16.2 Å². The Bertz CT molecular complexity index is 541. The lowest BCUT2D eigenvalue weighted by molar-refractivity contribution is -0.129. The Morgan fingerprint density at radius 1 is 1.00 bits per heavy atom. The molecule has 1 aromatic carbocycles. The first-order chi connectivity index (χ1) is 10.5. The fourth-order valence-corrected chi connectivity index (χ4v) is 1.09. The van der Waals surface area contributed by atoms with Crippen molar-refractivity contribution in [3.05, 3.63) is 67.3 Å². The minimum atomic E-state index is -0.502. The van der Waals surface area contributed by atoms with Crippen LogP contribution < -0.4 is 16.2 Å². The highest BCUT2D eigenvalue weighted by Gasteiger charge is 1.95. The lowest BCUT2D eigenvalue weighted by Crippen LogP contribution is -2.05. The van der Waals surface area contributed by atoms with Gasteiger partial charge in [0.15, 0.2) is 0 Å². The molecule has 0 aromatic heterocycles. The van der Waals surface area contributed by atoms with Gasteiger partial charge in [-0.05, 0) is 30.7 Å². The number of para-hydroxylation sites is 1. The van der Waals surface area contributed by atoms with E-state index in [0.717, 1.165) is 6.08 Å². The zero-order valence-corrected chi connectivity index (χ0v) is 12.0. The molecule has 2 amide bonds. The van der Waals surface area contributed by atoms with Crippen LogP contribution in [-0.2, 0) is 14.4 Å². The predicted molar refractivity (Wildman–Crippen MR) is 83.6 cm³/mol. The second-order valence-electron chi connectivity index (χ2n) is 3.78. The standard InChI is InChI=1S/C9H8O2.C7H10N2O2/c1-2-9(10)11-8-6-4-3-5-7-8;8-6(10)4-2-1-3-5-7(9)11/h2-7H,1H2;2-5H,1H2,(H2,8,10)(H2,9,11). The summed E-state index contributed by atoms with van der Waals surface area (Å²) in [6, 6.07) is 8.87. The van der Waals surface area contributed by atoms with Gasteiger partial charge in [0.1, 0.15) is 5.75 Å². The van der Waals surface area contributed by atoms with E-state index in [-0.39, 0.29) is 0 Å². The molecule has 22 heavy (non-hydrogen) atoms. The number of esters is 1. The lowest BCUT2D eigenvalue weighted by Gasteiger charge is -1.98. The van der Waals surface area contributed by atoms with Crippen LogP contribution >= 0.6 is 0 Å². The van der Waals surface area contributed by atoms with E-state index < -0.39 is 17.8 Å². The first-order valence-corrected chi connectivity index (χ1v) is 6.27. The number of amides is 2. The van der Waals surface area contributed by atoms with Crippen molar-refractivity contribution < 1.29 is 19.1 Å². The molecule has 0 bridgehead atoms. The third-order valence-corrected chi connectivity index (χ3v) is 1.96. The van der Waals surface area contributed by atoms with E-state index in [1.165, 1.54) is 12.2 Å². The fraction of sp³-hybridized carbons (Fsp3) is 0.0625. The summed E-state index contributed by atoms with van der Waals surface area (Å²) in [6.07, 6.45) is 7.15. The smallest absolute Gasteiger partial charge is 0.335 e. The summed E-state index contributed by atoms with van der Waals surface area (Å²) >= 11 is 0. The number of primary amides is 2. The van der Waals surface area contributed by atoms with E-state index in [1.54, 1.807) is 36.4 Å². The molecule has 0 aliphatic heterocycles. The Morgan fingerprint density at radius 3 is 1.91 bits per heavy atom. The van der Waals surface area contributed by atoms with Crippen LogP contribution in [0.2, 0.25) is 0 Å². The molecule has 4 N–H and O–H groups in total. The largest absolute Gasteiger partial charge is 0.423 e. The number of carbonyl (C=O) groups is 3. The van der Waals surface area contributed by atoms with Crippen LogP contribution in [0.4, 0.5) is 0 Å². The van der Waals surface area contributed by atoms with Gasteiger partial charge in [-0.3, -0.25) is 9.59 Å². The van der Waals surface area contributed by atoms with Crippen LogP contribution in [0.3, 0.4) is 0 Å². The van der Waals surface area contributed by atoms with Gasteiger partial charge in [0, 0.05) is 6.08 Å². The molecule has 6 heteroatoms. The van der Waals surface area contributed by atoms with Gasteiger partial charge in [-0.25, -0.2) is 4.79 Å². The van der Waals surface area contributed by atoms with Crippen molar-refractivity contribution in [2.75, 3.05) is 0 Å². The Labute approximate surface area is 128 Å². The second-order valence-corrected chi connectivity index (χ2v) is 3.78. The maximum absolute atomic E-state index is 10.6. The van der Waals surface area contributed by atoms with Crippen molar-refractivity contribution >= 4 is 17.8 Å². The third-order valence-electron chi connectivity index (χ3n) is 1.96. The number of ether oxygens (including phenoxy) is 1. The summed E-state index contributed by atoms with van der Waals surface area (Å²) in [7, 11) is 0. The van der Waals surface area contributed by atoms with E-state index in [1.807, 2.05) is 6.07 Å². The first-order valence-electron chi connectivity index (χ1n) is 6.27.